The largest absolute Gasteiger partial charge is 0.291 e. The predicted molar refractivity (Wildman–Crippen MR) is 133 cm³/mol. The molecule has 0 aliphatic carbocycles. The van der Waals surface area contributed by atoms with E-state index in [1.165, 1.54) is 36.0 Å². The molecule has 0 atom stereocenters. The molecule has 0 spiro atoms. The standard InChI is InChI=1S/C26H19Cl2F2N3S/c1-26(2,18-4-10-22(27)23(28)12-18)24-14-32-25(33(24)21-8-6-19(29)7-9-21)34-15-16-3-5-20(30)11-17(16)13-31/h3-12,14H,15H2,1-2H3. The van der Waals surface area contributed by atoms with Gasteiger partial charge in [-0.05, 0) is 59.7 Å². The summed E-state index contributed by atoms with van der Waals surface area (Å²) >= 11 is 13.8. The average molecular weight is 514 g/mol. The molecule has 0 amide bonds. The maximum Gasteiger partial charge on any atom is 0.173 e. The maximum absolute atomic E-state index is 13.7. The van der Waals surface area contributed by atoms with E-state index < -0.39 is 11.2 Å². The lowest BCUT2D eigenvalue weighted by Crippen LogP contribution is -2.23. The van der Waals surface area contributed by atoms with E-state index in [2.05, 4.69) is 4.98 Å². The number of imidazole rings is 1. The fourth-order valence-corrected chi connectivity index (χ4v) is 4.97. The third-order valence-corrected chi connectivity index (χ3v) is 7.39. The van der Waals surface area contributed by atoms with Crippen LogP contribution in [0.3, 0.4) is 0 Å². The summed E-state index contributed by atoms with van der Waals surface area (Å²) in [4.78, 5) is 4.65. The lowest BCUT2D eigenvalue weighted by molar-refractivity contribution is 0.591. The SMILES string of the molecule is CC(C)(c1ccc(Cl)c(Cl)c1)c1cnc(SCc2ccc(F)cc2C#N)n1-c1ccc(F)cc1. The van der Waals surface area contributed by atoms with Crippen molar-refractivity contribution in [2.45, 2.75) is 30.2 Å². The van der Waals surface area contributed by atoms with Crippen LogP contribution in [0.1, 0.15) is 36.2 Å². The van der Waals surface area contributed by atoms with Crippen LogP contribution in [0.2, 0.25) is 10.0 Å². The first-order valence-electron chi connectivity index (χ1n) is 10.3. The zero-order chi connectivity index (χ0) is 24.5. The third kappa shape index (κ3) is 4.83. The minimum atomic E-state index is -0.526. The van der Waals surface area contributed by atoms with Crippen molar-refractivity contribution in [3.8, 4) is 11.8 Å². The molecule has 0 unspecified atom stereocenters. The van der Waals surface area contributed by atoms with E-state index in [4.69, 9.17) is 23.2 Å². The predicted octanol–water partition coefficient (Wildman–Crippen LogP) is 7.95. The Labute approximate surface area is 211 Å². The number of nitrogens with zero attached hydrogens (tertiary/aromatic N) is 3. The first kappa shape index (κ1) is 24.3. The molecule has 4 rings (SSSR count). The molecule has 1 heterocycles. The van der Waals surface area contributed by atoms with Gasteiger partial charge in [0.25, 0.3) is 0 Å². The summed E-state index contributed by atoms with van der Waals surface area (Å²) in [5.41, 5.74) is 3.00. The van der Waals surface area contributed by atoms with Gasteiger partial charge in [0.2, 0.25) is 0 Å². The molecule has 0 aliphatic rings. The van der Waals surface area contributed by atoms with E-state index in [1.807, 2.05) is 36.6 Å². The van der Waals surface area contributed by atoms with Gasteiger partial charge in [-0.25, -0.2) is 13.8 Å². The Balaban J connectivity index is 1.78. The first-order chi connectivity index (χ1) is 16.2. The van der Waals surface area contributed by atoms with Gasteiger partial charge in [-0.15, -0.1) is 0 Å². The monoisotopic (exact) mass is 513 g/mol. The van der Waals surface area contributed by atoms with Gasteiger partial charge in [-0.2, -0.15) is 5.26 Å². The summed E-state index contributed by atoms with van der Waals surface area (Å²) in [5.74, 6) is -0.384. The summed E-state index contributed by atoms with van der Waals surface area (Å²) in [6, 6.07) is 17.9. The van der Waals surface area contributed by atoms with E-state index in [-0.39, 0.29) is 11.4 Å². The topological polar surface area (TPSA) is 41.6 Å². The minimum Gasteiger partial charge on any atom is -0.291 e. The molecule has 1 aromatic heterocycles. The van der Waals surface area contributed by atoms with Crippen molar-refractivity contribution >= 4 is 35.0 Å². The number of halogens is 4. The first-order valence-corrected chi connectivity index (χ1v) is 12.1. The number of rotatable bonds is 6. The number of hydrogen-bond acceptors (Lipinski definition) is 3. The highest BCUT2D eigenvalue weighted by atomic mass is 35.5. The smallest absolute Gasteiger partial charge is 0.173 e. The zero-order valence-corrected chi connectivity index (χ0v) is 20.6. The van der Waals surface area contributed by atoms with Crippen molar-refractivity contribution in [3.05, 3.63) is 111 Å². The highest BCUT2D eigenvalue weighted by molar-refractivity contribution is 7.98. The Hall–Kier alpha value is -2.85. The van der Waals surface area contributed by atoms with E-state index in [0.29, 0.717) is 26.5 Å². The quantitative estimate of drug-likeness (QED) is 0.245. The number of benzene rings is 3. The van der Waals surface area contributed by atoms with Crippen molar-refractivity contribution in [1.29, 1.82) is 5.26 Å². The Morgan fingerprint density at radius 1 is 0.971 bits per heavy atom. The second-order valence-corrected chi connectivity index (χ2v) is 9.95. The molecule has 0 saturated heterocycles. The molecule has 8 heteroatoms. The summed E-state index contributed by atoms with van der Waals surface area (Å²) in [5, 5.41) is 11.0. The molecule has 0 N–H and O–H groups in total. The van der Waals surface area contributed by atoms with Crippen molar-refractivity contribution in [3.63, 3.8) is 0 Å². The Kier molecular flexibility index (Phi) is 6.99. The van der Waals surface area contributed by atoms with Gasteiger partial charge < -0.3 is 0 Å². The van der Waals surface area contributed by atoms with E-state index >= 15 is 0 Å². The molecule has 0 aliphatic heterocycles. The van der Waals surface area contributed by atoms with Crippen LogP contribution in [0.5, 0.6) is 0 Å². The molecular formula is C26H19Cl2F2N3S. The summed E-state index contributed by atoms with van der Waals surface area (Å²) in [6.07, 6.45) is 1.78. The van der Waals surface area contributed by atoms with Gasteiger partial charge in [0.15, 0.2) is 5.16 Å². The second-order valence-electron chi connectivity index (χ2n) is 8.19. The number of aromatic nitrogens is 2. The van der Waals surface area contributed by atoms with E-state index in [0.717, 1.165) is 16.9 Å². The van der Waals surface area contributed by atoms with Crippen LogP contribution >= 0.6 is 35.0 Å². The van der Waals surface area contributed by atoms with E-state index in [1.54, 1.807) is 30.5 Å². The zero-order valence-electron chi connectivity index (χ0n) is 18.3. The van der Waals surface area contributed by atoms with Crippen LogP contribution in [0.4, 0.5) is 8.78 Å². The Morgan fingerprint density at radius 2 is 1.68 bits per heavy atom. The number of hydrogen-bond donors (Lipinski definition) is 0. The summed E-state index contributed by atoms with van der Waals surface area (Å²) < 4.78 is 29.2. The van der Waals surface area contributed by atoms with Crippen molar-refractivity contribution in [1.82, 2.24) is 9.55 Å². The average Bonchev–Trinajstić information content (AvgIpc) is 3.25. The maximum atomic E-state index is 13.7. The van der Waals surface area contributed by atoms with Gasteiger partial charge in [0.05, 0.1) is 33.6 Å². The van der Waals surface area contributed by atoms with Gasteiger partial charge in [-0.3, -0.25) is 4.57 Å². The number of nitriles is 1. The van der Waals surface area contributed by atoms with Crippen LogP contribution in [-0.2, 0) is 11.2 Å². The lowest BCUT2D eigenvalue weighted by atomic mass is 9.81. The summed E-state index contributed by atoms with van der Waals surface area (Å²) in [6.45, 7) is 4.09. The molecule has 3 aromatic carbocycles. The van der Waals surface area contributed by atoms with Gasteiger partial charge in [0, 0.05) is 16.9 Å². The molecule has 0 radical (unpaired) electrons. The highest BCUT2D eigenvalue weighted by Gasteiger charge is 2.30. The van der Waals surface area contributed by atoms with E-state index in [9.17, 15) is 14.0 Å². The Bertz CT molecular complexity index is 1390. The second kappa shape index (κ2) is 9.79. The van der Waals surface area contributed by atoms with Crippen LogP contribution in [-0.4, -0.2) is 9.55 Å². The lowest BCUT2D eigenvalue weighted by Gasteiger charge is -2.28. The van der Waals surface area contributed by atoms with Gasteiger partial charge in [0.1, 0.15) is 11.6 Å². The summed E-state index contributed by atoms with van der Waals surface area (Å²) in [7, 11) is 0. The van der Waals surface area contributed by atoms with Crippen molar-refractivity contribution < 1.29 is 8.78 Å². The van der Waals surface area contributed by atoms with Gasteiger partial charge >= 0.3 is 0 Å². The van der Waals surface area contributed by atoms with Crippen molar-refractivity contribution in [2.75, 3.05) is 0 Å². The van der Waals surface area contributed by atoms with Crippen LogP contribution in [0.25, 0.3) is 5.69 Å². The molecule has 0 fully saturated rings. The molecule has 4 aromatic rings. The van der Waals surface area contributed by atoms with Crippen molar-refractivity contribution in [2.24, 2.45) is 0 Å². The normalized spacial score (nSPS) is 11.4. The highest BCUT2D eigenvalue weighted by Crippen LogP contribution is 2.38. The molecular weight excluding hydrogens is 495 g/mol. The molecule has 172 valence electrons. The van der Waals surface area contributed by atoms with Crippen LogP contribution in [0.15, 0.2) is 72.0 Å². The fourth-order valence-electron chi connectivity index (χ4n) is 3.67. The fraction of sp³-hybridized carbons (Fsp3) is 0.154. The minimum absolute atomic E-state index is 0.281. The Morgan fingerprint density at radius 3 is 2.35 bits per heavy atom. The third-order valence-electron chi connectivity index (χ3n) is 5.65. The molecule has 0 saturated carbocycles. The van der Waals surface area contributed by atoms with Gasteiger partial charge in [-0.1, -0.05) is 60.9 Å². The molecule has 34 heavy (non-hydrogen) atoms. The molecule has 0 bridgehead atoms. The van der Waals surface area contributed by atoms with Crippen LogP contribution < -0.4 is 0 Å². The van der Waals surface area contributed by atoms with Crippen LogP contribution in [0, 0.1) is 23.0 Å². The molecule has 3 nitrogen and oxygen atoms in total. The number of thioether (sulfide) groups is 1.